The molecule has 1 unspecified atom stereocenters. The molecule has 0 spiro atoms. The van der Waals surface area contributed by atoms with Crippen LogP contribution >= 0.6 is 0 Å². The third-order valence-corrected chi connectivity index (χ3v) is 1.81. The van der Waals surface area contributed by atoms with Gasteiger partial charge >= 0.3 is 11.7 Å². The molecule has 0 saturated heterocycles. The summed E-state index contributed by atoms with van der Waals surface area (Å²) in [5.74, 6) is -3.95. The molecular weight excluding hydrogens is 225 g/mol. The first-order valence-corrected chi connectivity index (χ1v) is 3.92. The van der Waals surface area contributed by atoms with E-state index in [9.17, 15) is 24.4 Å². The number of aromatic hydroxyl groups is 1. The topological polar surface area (TPSA) is 121 Å². The van der Waals surface area contributed by atoms with E-state index in [2.05, 4.69) is 0 Å². The Hall–Kier alpha value is -2.22. The van der Waals surface area contributed by atoms with Gasteiger partial charge in [-0.2, -0.15) is 0 Å². The summed E-state index contributed by atoms with van der Waals surface area (Å²) >= 11 is 0. The van der Waals surface area contributed by atoms with Crippen LogP contribution in [0.3, 0.4) is 0 Å². The zero-order valence-corrected chi connectivity index (χ0v) is 7.62. The molecule has 0 fully saturated rings. The standard InChI is InChI=1S/C8H6FNO6/c9-3-1-4(7(12)8(13)14)6(11)5(2-3)10(15)16/h1-2,7,11-12H,(H,13,14). The Bertz CT molecular complexity index is 460. The Labute approximate surface area is 87.5 Å². The molecule has 8 heteroatoms. The number of carboxylic acid groups (broad SMARTS) is 1. The number of nitro benzene ring substituents is 1. The summed E-state index contributed by atoms with van der Waals surface area (Å²) in [6, 6.07) is 0.939. The zero-order chi connectivity index (χ0) is 12.5. The average molecular weight is 231 g/mol. The SMILES string of the molecule is O=C(O)C(O)c1cc(F)cc([N+](=O)[O-])c1O. The molecule has 16 heavy (non-hydrogen) atoms. The predicted octanol–water partition coefficient (Wildman–Crippen LogP) is 0.557. The highest BCUT2D eigenvalue weighted by atomic mass is 19.1. The van der Waals surface area contributed by atoms with Gasteiger partial charge in [-0.15, -0.1) is 0 Å². The van der Waals surface area contributed by atoms with Gasteiger partial charge < -0.3 is 15.3 Å². The Morgan fingerprint density at radius 2 is 2.06 bits per heavy atom. The molecule has 7 nitrogen and oxygen atoms in total. The quantitative estimate of drug-likeness (QED) is 0.516. The van der Waals surface area contributed by atoms with Crippen LogP contribution in [0, 0.1) is 15.9 Å². The number of rotatable bonds is 3. The number of benzene rings is 1. The van der Waals surface area contributed by atoms with E-state index in [0.717, 1.165) is 0 Å². The molecule has 1 aromatic rings. The third kappa shape index (κ3) is 2.06. The number of carboxylic acids is 1. The van der Waals surface area contributed by atoms with Gasteiger partial charge in [0.05, 0.1) is 11.0 Å². The number of phenolic OH excluding ortho intramolecular Hbond substituents is 1. The van der Waals surface area contributed by atoms with Gasteiger partial charge in [-0.25, -0.2) is 9.18 Å². The number of hydrogen-bond acceptors (Lipinski definition) is 5. The Morgan fingerprint density at radius 3 is 2.50 bits per heavy atom. The van der Waals surface area contributed by atoms with Crippen molar-refractivity contribution in [3.63, 3.8) is 0 Å². The van der Waals surface area contributed by atoms with Gasteiger partial charge in [0.1, 0.15) is 5.82 Å². The second-order valence-electron chi connectivity index (χ2n) is 2.86. The van der Waals surface area contributed by atoms with E-state index in [1.54, 1.807) is 0 Å². The van der Waals surface area contributed by atoms with E-state index in [-0.39, 0.29) is 0 Å². The van der Waals surface area contributed by atoms with Crippen LogP contribution in [0.4, 0.5) is 10.1 Å². The number of nitro groups is 1. The Morgan fingerprint density at radius 1 is 1.50 bits per heavy atom. The largest absolute Gasteiger partial charge is 0.502 e. The summed E-state index contributed by atoms with van der Waals surface area (Å²) in [6.07, 6.45) is -2.23. The molecule has 0 aliphatic heterocycles. The number of aliphatic hydroxyl groups excluding tert-OH is 1. The third-order valence-electron chi connectivity index (χ3n) is 1.81. The summed E-state index contributed by atoms with van der Waals surface area (Å²) in [4.78, 5) is 19.7. The monoisotopic (exact) mass is 231 g/mol. The van der Waals surface area contributed by atoms with Gasteiger partial charge in [-0.1, -0.05) is 0 Å². The summed E-state index contributed by atoms with van der Waals surface area (Å²) in [6.45, 7) is 0. The lowest BCUT2D eigenvalue weighted by Crippen LogP contribution is -2.11. The highest BCUT2D eigenvalue weighted by molar-refractivity contribution is 5.76. The minimum absolute atomic E-state index is 0.424. The molecule has 0 heterocycles. The van der Waals surface area contributed by atoms with Crippen LogP contribution in [0.15, 0.2) is 12.1 Å². The molecule has 1 aromatic carbocycles. The van der Waals surface area contributed by atoms with Crippen molar-refractivity contribution in [3.05, 3.63) is 33.6 Å². The second kappa shape index (κ2) is 4.11. The van der Waals surface area contributed by atoms with Crippen molar-refractivity contribution in [1.82, 2.24) is 0 Å². The Balaban J connectivity index is 3.40. The summed E-state index contributed by atoms with van der Waals surface area (Å²) in [7, 11) is 0. The number of nitrogens with zero attached hydrogens (tertiary/aromatic N) is 1. The fourth-order valence-corrected chi connectivity index (χ4v) is 1.09. The number of halogens is 1. The smallest absolute Gasteiger partial charge is 0.337 e. The van der Waals surface area contributed by atoms with Crippen molar-refractivity contribution >= 4 is 11.7 Å². The molecule has 0 amide bonds. The molecule has 0 saturated carbocycles. The van der Waals surface area contributed by atoms with E-state index in [4.69, 9.17) is 10.2 Å². The normalized spacial score (nSPS) is 12.1. The summed E-state index contributed by atoms with van der Waals surface area (Å²) < 4.78 is 12.9. The van der Waals surface area contributed by atoms with Crippen molar-refractivity contribution in [2.45, 2.75) is 6.10 Å². The average Bonchev–Trinajstić information content (AvgIpc) is 2.19. The van der Waals surface area contributed by atoms with Crippen molar-refractivity contribution in [2.75, 3.05) is 0 Å². The van der Waals surface area contributed by atoms with E-state index < -0.39 is 39.8 Å². The van der Waals surface area contributed by atoms with Crippen molar-refractivity contribution in [3.8, 4) is 5.75 Å². The van der Waals surface area contributed by atoms with Crippen LogP contribution in [0.2, 0.25) is 0 Å². The van der Waals surface area contributed by atoms with Gasteiger partial charge in [0, 0.05) is 5.56 Å². The summed E-state index contributed by atoms with van der Waals surface area (Å²) in [5.41, 5.74) is -1.77. The fraction of sp³-hybridized carbons (Fsp3) is 0.125. The van der Waals surface area contributed by atoms with Crippen LogP contribution in [0.1, 0.15) is 11.7 Å². The molecule has 0 bridgehead atoms. The maximum Gasteiger partial charge on any atom is 0.337 e. The lowest BCUT2D eigenvalue weighted by molar-refractivity contribution is -0.386. The van der Waals surface area contributed by atoms with Crippen LogP contribution in [-0.2, 0) is 4.79 Å². The first kappa shape index (κ1) is 11.9. The van der Waals surface area contributed by atoms with Crippen LogP contribution < -0.4 is 0 Å². The highest BCUT2D eigenvalue weighted by Crippen LogP contribution is 2.34. The van der Waals surface area contributed by atoms with Gasteiger partial charge in [0.15, 0.2) is 6.10 Å². The molecule has 3 N–H and O–H groups in total. The molecule has 0 radical (unpaired) electrons. The van der Waals surface area contributed by atoms with E-state index >= 15 is 0 Å². The van der Waals surface area contributed by atoms with Crippen LogP contribution in [0.25, 0.3) is 0 Å². The number of hydrogen-bond donors (Lipinski definition) is 3. The molecule has 0 aliphatic carbocycles. The fourth-order valence-electron chi connectivity index (χ4n) is 1.09. The zero-order valence-electron chi connectivity index (χ0n) is 7.62. The minimum Gasteiger partial charge on any atom is -0.502 e. The summed E-state index contributed by atoms with van der Waals surface area (Å²) in [5, 5.41) is 37.1. The second-order valence-corrected chi connectivity index (χ2v) is 2.86. The molecule has 1 rings (SSSR count). The Kier molecular flexibility index (Phi) is 3.04. The molecule has 0 aliphatic rings. The lowest BCUT2D eigenvalue weighted by Gasteiger charge is -2.08. The van der Waals surface area contributed by atoms with Crippen LogP contribution in [-0.4, -0.2) is 26.2 Å². The van der Waals surface area contributed by atoms with Crippen molar-refractivity contribution in [2.24, 2.45) is 0 Å². The number of phenols is 1. The molecule has 86 valence electrons. The lowest BCUT2D eigenvalue weighted by atomic mass is 10.1. The maximum atomic E-state index is 12.9. The first-order valence-electron chi connectivity index (χ1n) is 3.92. The van der Waals surface area contributed by atoms with E-state index in [1.165, 1.54) is 0 Å². The molecule has 0 aromatic heterocycles. The van der Waals surface area contributed by atoms with Crippen LogP contribution in [0.5, 0.6) is 5.75 Å². The van der Waals surface area contributed by atoms with Gasteiger partial charge in [0.25, 0.3) is 0 Å². The highest BCUT2D eigenvalue weighted by Gasteiger charge is 2.27. The van der Waals surface area contributed by atoms with Crippen molar-refractivity contribution in [1.29, 1.82) is 0 Å². The van der Waals surface area contributed by atoms with Gasteiger partial charge in [-0.3, -0.25) is 10.1 Å². The van der Waals surface area contributed by atoms with E-state index in [0.29, 0.717) is 12.1 Å². The number of carbonyl (C=O) groups is 1. The van der Waals surface area contributed by atoms with Crippen molar-refractivity contribution < 1.29 is 29.4 Å². The number of aliphatic hydroxyl groups is 1. The first-order chi connectivity index (χ1) is 7.34. The molecule has 1 atom stereocenters. The minimum atomic E-state index is -2.23. The van der Waals surface area contributed by atoms with Gasteiger partial charge in [0.2, 0.25) is 5.75 Å². The van der Waals surface area contributed by atoms with E-state index in [1.807, 2.05) is 0 Å². The molecular formula is C8H6FNO6. The predicted molar refractivity (Wildman–Crippen MR) is 47.3 cm³/mol. The van der Waals surface area contributed by atoms with Gasteiger partial charge in [-0.05, 0) is 6.07 Å². The maximum absolute atomic E-state index is 12.9. The number of aliphatic carboxylic acids is 1.